The van der Waals surface area contributed by atoms with Crippen molar-refractivity contribution in [3.8, 4) is 0 Å². The van der Waals surface area contributed by atoms with Crippen molar-refractivity contribution in [3.63, 3.8) is 0 Å². The second-order valence-electron chi connectivity index (χ2n) is 4.80. The third kappa shape index (κ3) is 4.07. The molecule has 0 radical (unpaired) electrons. The number of rotatable bonds is 4. The molecule has 1 amide bonds. The summed E-state index contributed by atoms with van der Waals surface area (Å²) >= 11 is 11.7. The van der Waals surface area contributed by atoms with E-state index in [9.17, 15) is 22.8 Å². The van der Waals surface area contributed by atoms with Crippen molar-refractivity contribution in [3.05, 3.63) is 65.7 Å². The molecule has 0 bridgehead atoms. The molecular formula is C16H10Cl2F3NO2. The number of ketones is 1. The lowest BCUT2D eigenvalue weighted by Gasteiger charge is -2.18. The van der Waals surface area contributed by atoms with Crippen LogP contribution >= 0.6 is 23.2 Å². The highest BCUT2D eigenvalue weighted by Gasteiger charge is 2.42. The van der Waals surface area contributed by atoms with Gasteiger partial charge in [0, 0.05) is 11.3 Å². The Labute approximate surface area is 145 Å². The number of anilines is 1. The van der Waals surface area contributed by atoms with Crippen molar-refractivity contribution in [1.82, 2.24) is 0 Å². The number of benzene rings is 2. The number of hydrogen-bond acceptors (Lipinski definition) is 2. The second-order valence-corrected chi connectivity index (χ2v) is 6.13. The number of alkyl halides is 5. The van der Waals surface area contributed by atoms with Gasteiger partial charge in [0.1, 0.15) is 0 Å². The fourth-order valence-electron chi connectivity index (χ4n) is 1.83. The molecule has 0 aliphatic rings. The molecule has 0 unspecified atom stereocenters. The number of carbonyl (C=O) groups is 2. The average molecular weight is 376 g/mol. The molecule has 126 valence electrons. The Kier molecular flexibility index (Phi) is 5.20. The topological polar surface area (TPSA) is 46.2 Å². The van der Waals surface area contributed by atoms with Gasteiger partial charge in [0.05, 0.1) is 5.56 Å². The standard InChI is InChI=1S/C16H10Cl2F3NO2/c17-15(18,13(23)10-4-2-1-3-5-10)14(24)22-12-8-6-11(7-9-12)16(19,20)21/h1-9H,(H,22,24). The van der Waals surface area contributed by atoms with E-state index < -0.39 is 27.8 Å². The Hall–Kier alpha value is -2.05. The molecule has 24 heavy (non-hydrogen) atoms. The zero-order valence-corrected chi connectivity index (χ0v) is 13.4. The molecule has 2 aromatic carbocycles. The maximum absolute atomic E-state index is 12.5. The molecule has 3 nitrogen and oxygen atoms in total. The van der Waals surface area contributed by atoms with Gasteiger partial charge in [-0.25, -0.2) is 0 Å². The summed E-state index contributed by atoms with van der Waals surface area (Å²) in [6.45, 7) is 0. The third-order valence-corrected chi connectivity index (χ3v) is 3.76. The minimum absolute atomic E-state index is 0.0273. The zero-order chi connectivity index (χ0) is 18.0. The third-order valence-electron chi connectivity index (χ3n) is 3.08. The predicted octanol–water partition coefficient (Wildman–Crippen LogP) is 4.70. The average Bonchev–Trinajstić information content (AvgIpc) is 2.54. The van der Waals surface area contributed by atoms with Crippen LogP contribution in [0.3, 0.4) is 0 Å². The molecule has 0 aromatic heterocycles. The van der Waals surface area contributed by atoms with Gasteiger partial charge in [-0.2, -0.15) is 13.2 Å². The smallest absolute Gasteiger partial charge is 0.323 e. The first-order valence-corrected chi connectivity index (χ1v) is 7.34. The molecule has 0 aliphatic heterocycles. The van der Waals surface area contributed by atoms with Crippen LogP contribution in [0.25, 0.3) is 0 Å². The first-order chi connectivity index (χ1) is 11.1. The van der Waals surface area contributed by atoms with E-state index in [0.29, 0.717) is 0 Å². The van der Waals surface area contributed by atoms with Crippen LogP contribution in [0.4, 0.5) is 18.9 Å². The fourth-order valence-corrected chi connectivity index (χ4v) is 2.14. The molecule has 0 saturated carbocycles. The molecule has 2 aromatic rings. The van der Waals surface area contributed by atoms with Gasteiger partial charge in [0.15, 0.2) is 0 Å². The van der Waals surface area contributed by atoms with Gasteiger partial charge in [-0.05, 0) is 24.3 Å². The summed E-state index contributed by atoms with van der Waals surface area (Å²) in [5.41, 5.74) is -0.714. The second kappa shape index (κ2) is 6.83. The molecule has 0 spiro atoms. The van der Waals surface area contributed by atoms with Gasteiger partial charge in [-0.1, -0.05) is 53.5 Å². The van der Waals surface area contributed by atoms with Crippen molar-refractivity contribution >= 4 is 40.6 Å². The maximum atomic E-state index is 12.5. The maximum Gasteiger partial charge on any atom is 0.416 e. The van der Waals surface area contributed by atoms with Crippen LogP contribution in [-0.4, -0.2) is 16.0 Å². The Morgan fingerprint density at radius 1 is 0.875 bits per heavy atom. The van der Waals surface area contributed by atoms with Gasteiger partial charge in [0.2, 0.25) is 5.78 Å². The van der Waals surface area contributed by atoms with Crippen LogP contribution in [0, 0.1) is 0 Å². The summed E-state index contributed by atoms with van der Waals surface area (Å²) in [5, 5.41) is 2.22. The van der Waals surface area contributed by atoms with Gasteiger partial charge in [-0.3, -0.25) is 9.59 Å². The quantitative estimate of drug-likeness (QED) is 0.478. The van der Waals surface area contributed by atoms with Crippen LogP contribution in [0.5, 0.6) is 0 Å². The SMILES string of the molecule is O=C(Nc1ccc(C(F)(F)F)cc1)C(Cl)(Cl)C(=O)c1ccccc1. The summed E-state index contributed by atoms with van der Waals surface area (Å²) in [4.78, 5) is 24.3. The molecule has 2 rings (SSSR count). The predicted molar refractivity (Wildman–Crippen MR) is 85.3 cm³/mol. The number of amides is 1. The Morgan fingerprint density at radius 2 is 1.42 bits per heavy atom. The van der Waals surface area contributed by atoms with Crippen molar-refractivity contribution in [2.24, 2.45) is 0 Å². The molecule has 0 atom stereocenters. The monoisotopic (exact) mass is 375 g/mol. The fraction of sp³-hybridized carbons (Fsp3) is 0.125. The molecular weight excluding hydrogens is 366 g/mol. The number of Topliss-reactive ketones (excluding diaryl/α,β-unsaturated/α-hetero) is 1. The van der Waals surface area contributed by atoms with E-state index >= 15 is 0 Å². The van der Waals surface area contributed by atoms with Gasteiger partial charge < -0.3 is 5.32 Å². The lowest BCUT2D eigenvalue weighted by atomic mass is 10.1. The molecule has 0 aliphatic carbocycles. The molecule has 0 fully saturated rings. The highest BCUT2D eigenvalue weighted by atomic mass is 35.5. The van der Waals surface area contributed by atoms with Crippen molar-refractivity contribution < 1.29 is 22.8 Å². The zero-order valence-electron chi connectivity index (χ0n) is 11.9. The molecule has 1 N–H and O–H groups in total. The van der Waals surface area contributed by atoms with E-state index in [1.807, 2.05) is 0 Å². The van der Waals surface area contributed by atoms with E-state index in [4.69, 9.17) is 23.2 Å². The first kappa shape index (κ1) is 18.3. The van der Waals surface area contributed by atoms with Gasteiger partial charge >= 0.3 is 6.18 Å². The number of nitrogens with one attached hydrogen (secondary N) is 1. The van der Waals surface area contributed by atoms with Crippen LogP contribution < -0.4 is 5.32 Å². The summed E-state index contributed by atoms with van der Waals surface area (Å²) in [5.74, 6) is -1.89. The van der Waals surface area contributed by atoms with E-state index in [1.165, 1.54) is 12.1 Å². The minimum atomic E-state index is -4.49. The lowest BCUT2D eigenvalue weighted by Crippen LogP contribution is -2.40. The van der Waals surface area contributed by atoms with Gasteiger partial charge in [0.25, 0.3) is 10.2 Å². The normalized spacial score (nSPS) is 11.9. The highest BCUT2D eigenvalue weighted by molar-refractivity contribution is 6.70. The number of halogens is 5. The number of carbonyl (C=O) groups excluding carboxylic acids is 2. The van der Waals surface area contributed by atoms with E-state index in [-0.39, 0.29) is 11.3 Å². The van der Waals surface area contributed by atoms with Crippen molar-refractivity contribution in [2.75, 3.05) is 5.32 Å². The minimum Gasteiger partial charge on any atom is -0.323 e. The first-order valence-electron chi connectivity index (χ1n) is 6.59. The summed E-state index contributed by atoms with van der Waals surface area (Å²) < 4.78 is 35.1. The summed E-state index contributed by atoms with van der Waals surface area (Å²) in [6, 6.07) is 11.4. The highest BCUT2D eigenvalue weighted by Crippen LogP contribution is 2.31. The summed E-state index contributed by atoms with van der Waals surface area (Å²) in [6.07, 6.45) is -4.49. The largest absolute Gasteiger partial charge is 0.416 e. The number of hydrogen-bond donors (Lipinski definition) is 1. The van der Waals surface area contributed by atoms with Crippen LogP contribution in [0.15, 0.2) is 54.6 Å². The van der Waals surface area contributed by atoms with Crippen molar-refractivity contribution in [1.29, 1.82) is 0 Å². The van der Waals surface area contributed by atoms with E-state index in [1.54, 1.807) is 18.2 Å². The van der Waals surface area contributed by atoms with Gasteiger partial charge in [-0.15, -0.1) is 0 Å². The Bertz CT molecular complexity index is 744. The Morgan fingerprint density at radius 3 is 1.92 bits per heavy atom. The molecule has 0 saturated heterocycles. The van der Waals surface area contributed by atoms with E-state index in [2.05, 4.69) is 5.32 Å². The molecule has 8 heteroatoms. The van der Waals surface area contributed by atoms with Crippen LogP contribution in [0.2, 0.25) is 0 Å². The van der Waals surface area contributed by atoms with Crippen LogP contribution in [-0.2, 0) is 11.0 Å². The van der Waals surface area contributed by atoms with E-state index in [0.717, 1.165) is 24.3 Å². The van der Waals surface area contributed by atoms with Crippen molar-refractivity contribution in [2.45, 2.75) is 10.5 Å². The lowest BCUT2D eigenvalue weighted by molar-refractivity contribution is -0.137. The molecule has 0 heterocycles. The Balaban J connectivity index is 2.15. The van der Waals surface area contributed by atoms with Crippen LogP contribution in [0.1, 0.15) is 15.9 Å². The summed E-state index contributed by atoms with van der Waals surface area (Å²) in [7, 11) is 0.